The molecule has 2 rings (SSSR count). The quantitative estimate of drug-likeness (QED) is 0.875. The van der Waals surface area contributed by atoms with Crippen LogP contribution in [0.15, 0.2) is 24.3 Å². The van der Waals surface area contributed by atoms with Crippen molar-refractivity contribution in [1.82, 2.24) is 10.2 Å². The monoisotopic (exact) mass is 290 g/mol. The van der Waals surface area contributed by atoms with Crippen LogP contribution in [0.25, 0.3) is 0 Å². The lowest BCUT2D eigenvalue weighted by Crippen LogP contribution is -2.48. The highest BCUT2D eigenvalue weighted by atomic mass is 16.3. The van der Waals surface area contributed by atoms with E-state index in [-0.39, 0.29) is 24.1 Å². The Labute approximate surface area is 127 Å². The number of phenolic OH excluding ortho intramolecular Hbond substituents is 1. The minimum Gasteiger partial charge on any atom is -0.508 e. The molecule has 1 aliphatic rings. The van der Waals surface area contributed by atoms with Crippen molar-refractivity contribution in [1.29, 1.82) is 0 Å². The van der Waals surface area contributed by atoms with E-state index in [0.29, 0.717) is 11.6 Å². The van der Waals surface area contributed by atoms with Crippen LogP contribution in [-0.2, 0) is 11.2 Å². The highest BCUT2D eigenvalue weighted by molar-refractivity contribution is 5.79. The van der Waals surface area contributed by atoms with Gasteiger partial charge in [0.25, 0.3) is 0 Å². The number of nitrogens with zero attached hydrogens (tertiary/aromatic N) is 1. The van der Waals surface area contributed by atoms with Crippen molar-refractivity contribution in [2.45, 2.75) is 51.6 Å². The number of hydrogen-bond acceptors (Lipinski definition) is 3. The number of hydrogen-bond donors (Lipinski definition) is 2. The molecule has 1 atom stereocenters. The summed E-state index contributed by atoms with van der Waals surface area (Å²) in [5.41, 5.74) is 0.699. The Bertz CT molecular complexity index is 468. The Kier molecular flexibility index (Phi) is 5.62. The lowest BCUT2D eigenvalue weighted by molar-refractivity contribution is -0.132. The average Bonchev–Trinajstić information content (AvgIpc) is 2.48. The molecule has 0 aromatic heterocycles. The SMILES string of the molecule is CC(C)N(CC1CCCCN1)C(=O)Cc1ccccc1O. The van der Waals surface area contributed by atoms with Gasteiger partial charge >= 0.3 is 0 Å². The molecule has 1 saturated heterocycles. The zero-order valence-electron chi connectivity index (χ0n) is 13.0. The number of rotatable bonds is 5. The van der Waals surface area contributed by atoms with Crippen LogP contribution in [0.1, 0.15) is 38.7 Å². The molecule has 0 spiro atoms. The molecule has 1 amide bonds. The Morgan fingerprint density at radius 3 is 2.76 bits per heavy atom. The van der Waals surface area contributed by atoms with Crippen LogP contribution in [0.5, 0.6) is 5.75 Å². The van der Waals surface area contributed by atoms with Gasteiger partial charge in [-0.15, -0.1) is 0 Å². The third-order valence-electron chi connectivity index (χ3n) is 4.11. The number of amides is 1. The van der Waals surface area contributed by atoms with Crippen LogP contribution in [0.2, 0.25) is 0 Å². The third-order valence-corrected chi connectivity index (χ3v) is 4.11. The van der Waals surface area contributed by atoms with Gasteiger partial charge in [-0.2, -0.15) is 0 Å². The zero-order valence-corrected chi connectivity index (χ0v) is 13.0. The minimum atomic E-state index is 0.0823. The zero-order chi connectivity index (χ0) is 15.2. The molecule has 0 saturated carbocycles. The Morgan fingerprint density at radius 2 is 2.14 bits per heavy atom. The van der Waals surface area contributed by atoms with Gasteiger partial charge in [0.15, 0.2) is 0 Å². The summed E-state index contributed by atoms with van der Waals surface area (Å²) in [6.45, 7) is 5.89. The van der Waals surface area contributed by atoms with E-state index in [0.717, 1.165) is 19.5 Å². The maximum Gasteiger partial charge on any atom is 0.227 e. The highest BCUT2D eigenvalue weighted by Crippen LogP contribution is 2.18. The summed E-state index contributed by atoms with van der Waals surface area (Å²) in [5.74, 6) is 0.282. The van der Waals surface area contributed by atoms with Gasteiger partial charge in [0.05, 0.1) is 6.42 Å². The van der Waals surface area contributed by atoms with Gasteiger partial charge in [-0.25, -0.2) is 0 Å². The van der Waals surface area contributed by atoms with Gasteiger partial charge in [0, 0.05) is 24.2 Å². The Balaban J connectivity index is 2.00. The fraction of sp³-hybridized carbons (Fsp3) is 0.588. The van der Waals surface area contributed by atoms with E-state index < -0.39 is 0 Å². The number of carbonyl (C=O) groups excluding carboxylic acids is 1. The second kappa shape index (κ2) is 7.46. The predicted octanol–water partition coefficient (Wildman–Crippen LogP) is 2.31. The maximum absolute atomic E-state index is 12.6. The number of nitrogens with one attached hydrogen (secondary N) is 1. The van der Waals surface area contributed by atoms with Crippen molar-refractivity contribution in [3.8, 4) is 5.75 Å². The van der Waals surface area contributed by atoms with Gasteiger partial charge < -0.3 is 15.3 Å². The molecule has 1 aromatic rings. The fourth-order valence-corrected chi connectivity index (χ4v) is 2.84. The van der Waals surface area contributed by atoms with Crippen LogP contribution in [-0.4, -0.2) is 41.1 Å². The molecule has 1 fully saturated rings. The molecule has 4 heteroatoms. The van der Waals surface area contributed by atoms with Crippen molar-refractivity contribution in [3.63, 3.8) is 0 Å². The lowest BCUT2D eigenvalue weighted by atomic mass is 10.0. The first kappa shape index (κ1) is 15.8. The van der Waals surface area contributed by atoms with Crippen molar-refractivity contribution in [2.75, 3.05) is 13.1 Å². The molecule has 1 heterocycles. The number of para-hydroxylation sites is 1. The fourth-order valence-electron chi connectivity index (χ4n) is 2.84. The molecule has 4 nitrogen and oxygen atoms in total. The van der Waals surface area contributed by atoms with E-state index in [1.165, 1.54) is 12.8 Å². The van der Waals surface area contributed by atoms with Crippen LogP contribution < -0.4 is 5.32 Å². The first-order chi connectivity index (χ1) is 10.1. The maximum atomic E-state index is 12.6. The molecule has 1 aliphatic heterocycles. The van der Waals surface area contributed by atoms with Crippen LogP contribution in [0.4, 0.5) is 0 Å². The summed E-state index contributed by atoms with van der Waals surface area (Å²) in [6.07, 6.45) is 3.85. The molecule has 0 radical (unpaired) electrons. The smallest absolute Gasteiger partial charge is 0.227 e. The molecule has 1 unspecified atom stereocenters. The van der Waals surface area contributed by atoms with Crippen molar-refractivity contribution < 1.29 is 9.90 Å². The molecule has 1 aromatic carbocycles. The molecule has 2 N–H and O–H groups in total. The number of carbonyl (C=O) groups is 1. The van der Waals surface area contributed by atoms with Gasteiger partial charge in [0.2, 0.25) is 5.91 Å². The molecular weight excluding hydrogens is 264 g/mol. The summed E-state index contributed by atoms with van der Waals surface area (Å²) in [7, 11) is 0. The summed E-state index contributed by atoms with van der Waals surface area (Å²) in [6, 6.07) is 7.64. The Hall–Kier alpha value is -1.55. The van der Waals surface area contributed by atoms with Crippen LogP contribution >= 0.6 is 0 Å². The predicted molar refractivity (Wildman–Crippen MR) is 84.3 cm³/mol. The normalized spacial score (nSPS) is 18.7. The van der Waals surface area contributed by atoms with Crippen molar-refractivity contribution >= 4 is 5.91 Å². The van der Waals surface area contributed by atoms with E-state index in [4.69, 9.17) is 0 Å². The average molecular weight is 290 g/mol. The van der Waals surface area contributed by atoms with Gasteiger partial charge in [-0.05, 0) is 39.3 Å². The molecule has 21 heavy (non-hydrogen) atoms. The number of aromatic hydroxyl groups is 1. The summed E-state index contributed by atoms with van der Waals surface area (Å²) in [5, 5.41) is 13.3. The largest absolute Gasteiger partial charge is 0.508 e. The number of piperidine rings is 1. The van der Waals surface area contributed by atoms with E-state index in [9.17, 15) is 9.90 Å². The first-order valence-electron chi connectivity index (χ1n) is 7.87. The number of phenols is 1. The van der Waals surface area contributed by atoms with E-state index in [2.05, 4.69) is 5.32 Å². The van der Waals surface area contributed by atoms with Crippen molar-refractivity contribution in [3.05, 3.63) is 29.8 Å². The van der Waals surface area contributed by atoms with Crippen LogP contribution in [0, 0.1) is 0 Å². The second-order valence-electron chi connectivity index (χ2n) is 6.09. The summed E-state index contributed by atoms with van der Waals surface area (Å²) >= 11 is 0. The molecule has 116 valence electrons. The number of benzene rings is 1. The third kappa shape index (κ3) is 4.46. The molecular formula is C17H26N2O2. The Morgan fingerprint density at radius 1 is 1.38 bits per heavy atom. The topological polar surface area (TPSA) is 52.6 Å². The van der Waals surface area contributed by atoms with E-state index >= 15 is 0 Å². The first-order valence-corrected chi connectivity index (χ1v) is 7.87. The second-order valence-corrected chi connectivity index (χ2v) is 6.09. The van der Waals surface area contributed by atoms with Gasteiger partial charge in [-0.3, -0.25) is 4.79 Å². The molecule has 0 bridgehead atoms. The summed E-state index contributed by atoms with van der Waals surface area (Å²) in [4.78, 5) is 14.5. The van der Waals surface area contributed by atoms with E-state index in [1.54, 1.807) is 12.1 Å². The van der Waals surface area contributed by atoms with Gasteiger partial charge in [0.1, 0.15) is 5.75 Å². The molecule has 0 aliphatic carbocycles. The standard InChI is InChI=1S/C17H26N2O2/c1-13(2)19(12-15-8-5-6-10-18-15)17(21)11-14-7-3-4-9-16(14)20/h3-4,7,9,13,15,18,20H,5-6,8,10-12H2,1-2H3. The minimum absolute atomic E-state index is 0.0823. The van der Waals surface area contributed by atoms with Gasteiger partial charge in [-0.1, -0.05) is 24.6 Å². The van der Waals surface area contributed by atoms with Crippen molar-refractivity contribution in [2.24, 2.45) is 0 Å². The lowest BCUT2D eigenvalue weighted by Gasteiger charge is -2.33. The van der Waals surface area contributed by atoms with E-state index in [1.807, 2.05) is 30.9 Å². The summed E-state index contributed by atoms with van der Waals surface area (Å²) < 4.78 is 0. The van der Waals surface area contributed by atoms with Crippen LogP contribution in [0.3, 0.4) is 0 Å². The highest BCUT2D eigenvalue weighted by Gasteiger charge is 2.23.